The minimum atomic E-state index is 0.328. The van der Waals surface area contributed by atoms with Crippen LogP contribution in [0.25, 0.3) is 11.1 Å². The molecule has 9 nitrogen and oxygen atoms in total. The van der Waals surface area contributed by atoms with Gasteiger partial charge in [0.15, 0.2) is 0 Å². The standard InChI is InChI=1S/C27H31BrN8OS/c1-16(2)36(38-5)24-9-7-6-8-20(24)32-26-19(28)15-30-27(34-26)33-22-12-17-18-14-31-35(3)23(18)10-11-29-21(17)13-25(22)37-4/h6-9,12-16,29H,10-11H2,1-5H3,(H2,30,32,33,34). The van der Waals surface area contributed by atoms with Gasteiger partial charge in [0.25, 0.3) is 0 Å². The van der Waals surface area contributed by atoms with Gasteiger partial charge in [0, 0.05) is 67.1 Å². The van der Waals surface area contributed by atoms with Gasteiger partial charge in [0.1, 0.15) is 11.6 Å². The van der Waals surface area contributed by atoms with Crippen molar-refractivity contribution in [2.24, 2.45) is 7.05 Å². The fourth-order valence-electron chi connectivity index (χ4n) is 4.64. The number of methoxy groups -OCH3 is 1. The van der Waals surface area contributed by atoms with Crippen molar-refractivity contribution in [2.45, 2.75) is 26.3 Å². The smallest absolute Gasteiger partial charge is 0.229 e. The van der Waals surface area contributed by atoms with E-state index in [4.69, 9.17) is 9.72 Å². The van der Waals surface area contributed by atoms with Crippen LogP contribution in [0.3, 0.4) is 0 Å². The molecule has 11 heteroatoms. The second-order valence-corrected chi connectivity index (χ2v) is 10.8. The number of fused-ring (bicyclic) bond motifs is 3. The Balaban J connectivity index is 1.49. The van der Waals surface area contributed by atoms with E-state index in [0.717, 1.165) is 51.3 Å². The Kier molecular flexibility index (Phi) is 7.66. The zero-order valence-electron chi connectivity index (χ0n) is 22.0. The van der Waals surface area contributed by atoms with Crippen LogP contribution in [0, 0.1) is 0 Å². The van der Waals surface area contributed by atoms with E-state index in [0.29, 0.717) is 23.6 Å². The number of nitrogens with one attached hydrogen (secondary N) is 3. The highest BCUT2D eigenvalue weighted by atomic mass is 79.9. The van der Waals surface area contributed by atoms with E-state index < -0.39 is 0 Å². The minimum absolute atomic E-state index is 0.328. The van der Waals surface area contributed by atoms with E-state index in [9.17, 15) is 0 Å². The first-order valence-electron chi connectivity index (χ1n) is 12.4. The fraction of sp³-hybridized carbons (Fsp3) is 0.296. The molecule has 0 fully saturated rings. The first-order chi connectivity index (χ1) is 18.4. The zero-order valence-corrected chi connectivity index (χ0v) is 24.4. The number of para-hydroxylation sites is 2. The number of rotatable bonds is 8. The van der Waals surface area contributed by atoms with Gasteiger partial charge < -0.3 is 25.0 Å². The Labute approximate surface area is 235 Å². The van der Waals surface area contributed by atoms with Crippen LogP contribution in [0.15, 0.2) is 53.3 Å². The molecule has 198 valence electrons. The van der Waals surface area contributed by atoms with Crippen molar-refractivity contribution in [3.8, 4) is 16.9 Å². The maximum absolute atomic E-state index is 5.73. The Morgan fingerprint density at radius 2 is 1.95 bits per heavy atom. The highest BCUT2D eigenvalue weighted by molar-refractivity contribution is 9.10. The Hall–Kier alpha value is -3.44. The Morgan fingerprint density at radius 3 is 2.71 bits per heavy atom. The van der Waals surface area contributed by atoms with E-state index in [2.05, 4.69) is 84.6 Å². The molecular formula is C27H31BrN8OS. The SMILES string of the molecule is COc1cc2c(cc1Nc1ncc(Br)c(Nc3ccccc3N(SC)C(C)C)n1)-c1cnn(C)c1CCN2. The van der Waals surface area contributed by atoms with Crippen molar-refractivity contribution >= 4 is 62.4 Å². The molecule has 0 atom stereocenters. The quantitative estimate of drug-likeness (QED) is 0.195. The van der Waals surface area contributed by atoms with Crippen molar-refractivity contribution in [1.29, 1.82) is 0 Å². The average molecular weight is 596 g/mol. The molecule has 1 aliphatic heterocycles. The number of nitrogens with zero attached hydrogens (tertiary/aromatic N) is 5. The summed E-state index contributed by atoms with van der Waals surface area (Å²) in [7, 11) is 3.64. The highest BCUT2D eigenvalue weighted by Crippen LogP contribution is 2.41. The predicted octanol–water partition coefficient (Wildman–Crippen LogP) is 6.60. The molecule has 38 heavy (non-hydrogen) atoms. The summed E-state index contributed by atoms with van der Waals surface area (Å²) in [6, 6.07) is 12.6. The summed E-state index contributed by atoms with van der Waals surface area (Å²) in [5.74, 6) is 1.80. The molecule has 0 amide bonds. The van der Waals surface area contributed by atoms with Crippen LogP contribution < -0.4 is 25.0 Å². The van der Waals surface area contributed by atoms with Crippen molar-refractivity contribution in [3.63, 3.8) is 0 Å². The van der Waals surface area contributed by atoms with Crippen LogP contribution in [-0.4, -0.2) is 45.7 Å². The lowest BCUT2D eigenvalue weighted by molar-refractivity contribution is 0.417. The van der Waals surface area contributed by atoms with Crippen molar-refractivity contribution in [1.82, 2.24) is 19.7 Å². The summed E-state index contributed by atoms with van der Waals surface area (Å²) >= 11 is 5.30. The van der Waals surface area contributed by atoms with Crippen molar-refractivity contribution < 1.29 is 4.74 Å². The number of anilines is 6. The average Bonchev–Trinajstić information content (AvgIpc) is 3.17. The predicted molar refractivity (Wildman–Crippen MR) is 161 cm³/mol. The van der Waals surface area contributed by atoms with Crippen molar-refractivity contribution in [3.05, 3.63) is 59.0 Å². The van der Waals surface area contributed by atoms with Crippen LogP contribution in [0.5, 0.6) is 5.75 Å². The number of hydrogen-bond donors (Lipinski definition) is 3. The maximum Gasteiger partial charge on any atom is 0.229 e. The number of benzene rings is 2. The topological polar surface area (TPSA) is 92.2 Å². The summed E-state index contributed by atoms with van der Waals surface area (Å²) in [5.41, 5.74) is 7.19. The molecule has 4 aromatic rings. The Morgan fingerprint density at radius 1 is 1.13 bits per heavy atom. The zero-order chi connectivity index (χ0) is 26.8. The van der Waals surface area contributed by atoms with E-state index in [1.165, 1.54) is 5.69 Å². The molecule has 2 aromatic carbocycles. The molecule has 3 N–H and O–H groups in total. The molecule has 5 rings (SSSR count). The Bertz CT molecular complexity index is 1460. The lowest BCUT2D eigenvalue weighted by Crippen LogP contribution is -2.23. The molecule has 0 saturated carbocycles. The number of hydrogen-bond acceptors (Lipinski definition) is 9. The van der Waals surface area contributed by atoms with Gasteiger partial charge >= 0.3 is 0 Å². The third-order valence-corrected chi connectivity index (χ3v) is 8.01. The van der Waals surface area contributed by atoms with E-state index in [1.54, 1.807) is 25.3 Å². The lowest BCUT2D eigenvalue weighted by Gasteiger charge is -2.28. The van der Waals surface area contributed by atoms with Gasteiger partial charge in [-0.3, -0.25) is 4.68 Å². The third kappa shape index (κ3) is 5.12. The summed E-state index contributed by atoms with van der Waals surface area (Å²) in [4.78, 5) is 9.32. The van der Waals surface area contributed by atoms with Gasteiger partial charge in [-0.05, 0) is 48.0 Å². The summed E-state index contributed by atoms with van der Waals surface area (Å²) in [6.07, 6.45) is 6.63. The summed E-state index contributed by atoms with van der Waals surface area (Å²) in [5, 5.41) is 14.9. The second kappa shape index (κ2) is 11.1. The van der Waals surface area contributed by atoms with Gasteiger partial charge in [-0.25, -0.2) is 4.98 Å². The summed E-state index contributed by atoms with van der Waals surface area (Å²) in [6.45, 7) is 5.17. The van der Waals surface area contributed by atoms with Gasteiger partial charge in [0.2, 0.25) is 5.95 Å². The van der Waals surface area contributed by atoms with Crippen LogP contribution in [0.4, 0.5) is 34.5 Å². The van der Waals surface area contributed by atoms with Crippen molar-refractivity contribution in [2.75, 3.05) is 40.2 Å². The van der Waals surface area contributed by atoms with Crippen LogP contribution in [-0.2, 0) is 13.5 Å². The van der Waals surface area contributed by atoms with Gasteiger partial charge in [-0.2, -0.15) is 10.1 Å². The molecule has 2 aromatic heterocycles. The van der Waals surface area contributed by atoms with Crippen LogP contribution in [0.2, 0.25) is 0 Å². The molecule has 0 saturated heterocycles. The largest absolute Gasteiger partial charge is 0.494 e. The van der Waals surface area contributed by atoms with Crippen LogP contribution in [0.1, 0.15) is 19.5 Å². The number of aryl methyl sites for hydroxylation is 1. The monoisotopic (exact) mass is 594 g/mol. The lowest BCUT2D eigenvalue weighted by atomic mass is 10.0. The molecule has 0 unspecified atom stereocenters. The van der Waals surface area contributed by atoms with Gasteiger partial charge in [-0.15, -0.1) is 0 Å². The van der Waals surface area contributed by atoms with Gasteiger partial charge in [0.05, 0.1) is 34.8 Å². The molecule has 0 radical (unpaired) electrons. The molecule has 0 bridgehead atoms. The fourth-order valence-corrected chi connectivity index (χ4v) is 5.70. The third-order valence-electron chi connectivity index (χ3n) is 6.42. The second-order valence-electron chi connectivity index (χ2n) is 9.16. The molecule has 3 heterocycles. The minimum Gasteiger partial charge on any atom is -0.494 e. The summed E-state index contributed by atoms with van der Waals surface area (Å²) < 4.78 is 10.7. The van der Waals surface area contributed by atoms with E-state index >= 15 is 0 Å². The maximum atomic E-state index is 5.73. The molecule has 0 aliphatic carbocycles. The highest BCUT2D eigenvalue weighted by Gasteiger charge is 2.21. The molecule has 1 aliphatic rings. The van der Waals surface area contributed by atoms with E-state index in [-0.39, 0.29) is 0 Å². The number of ether oxygens (including phenoxy) is 1. The molecule has 0 spiro atoms. The van der Waals surface area contributed by atoms with Gasteiger partial charge in [-0.1, -0.05) is 24.1 Å². The van der Waals surface area contributed by atoms with E-state index in [1.807, 2.05) is 36.1 Å². The number of aromatic nitrogens is 4. The van der Waals surface area contributed by atoms with Crippen LogP contribution >= 0.6 is 27.9 Å². The number of halogens is 1. The molecular weight excluding hydrogens is 564 g/mol. The first-order valence-corrected chi connectivity index (χ1v) is 14.3. The normalized spacial score (nSPS) is 12.3. The first kappa shape index (κ1) is 26.2.